The van der Waals surface area contributed by atoms with E-state index in [1.54, 1.807) is 0 Å². The smallest absolute Gasteiger partial charge is 0.125 e. The van der Waals surface area contributed by atoms with Crippen LogP contribution in [0.25, 0.3) is 11.0 Å². The number of hydrogen-bond acceptors (Lipinski definition) is 1. The molecular weight excluding hydrogens is 279 g/mol. The highest BCUT2D eigenvalue weighted by molar-refractivity contribution is 6.30. The molecule has 2 nitrogen and oxygen atoms in total. The largest absolute Gasteiger partial charge is 0.322 e. The van der Waals surface area contributed by atoms with Crippen LogP contribution in [0, 0.1) is 0 Å². The summed E-state index contributed by atoms with van der Waals surface area (Å²) in [4.78, 5) is 4.55. The number of nitrogens with zero attached hydrogens (tertiary/aromatic N) is 2. The monoisotopic (exact) mass is 290 g/mol. The third-order valence-corrected chi connectivity index (χ3v) is 3.56. The van der Waals surface area contributed by atoms with Gasteiger partial charge in [-0.3, -0.25) is 0 Å². The summed E-state index contributed by atoms with van der Waals surface area (Å²) in [6.45, 7) is 0.725. The minimum Gasteiger partial charge on any atom is -0.322 e. The van der Waals surface area contributed by atoms with E-state index in [1.165, 1.54) is 0 Å². The first-order valence-electron chi connectivity index (χ1n) is 6.02. The van der Waals surface area contributed by atoms with Crippen molar-refractivity contribution in [2.75, 3.05) is 0 Å². The molecule has 0 aliphatic carbocycles. The van der Waals surface area contributed by atoms with E-state index in [-0.39, 0.29) is 0 Å². The molecule has 19 heavy (non-hydrogen) atoms. The van der Waals surface area contributed by atoms with Crippen molar-refractivity contribution >= 4 is 34.2 Å². The van der Waals surface area contributed by atoms with Crippen LogP contribution in [-0.4, -0.2) is 9.55 Å². The van der Waals surface area contributed by atoms with Gasteiger partial charge in [-0.25, -0.2) is 4.98 Å². The van der Waals surface area contributed by atoms with Gasteiger partial charge in [-0.2, -0.15) is 0 Å². The Balaban J connectivity index is 2.08. The molecule has 0 aliphatic rings. The van der Waals surface area contributed by atoms with Crippen LogP contribution < -0.4 is 0 Å². The van der Waals surface area contributed by atoms with Crippen LogP contribution in [0.5, 0.6) is 0 Å². The van der Waals surface area contributed by atoms with Crippen LogP contribution in [0.4, 0.5) is 0 Å². The van der Waals surface area contributed by atoms with E-state index in [0.29, 0.717) is 5.88 Å². The zero-order chi connectivity index (χ0) is 13.2. The molecule has 0 saturated heterocycles. The van der Waals surface area contributed by atoms with Crippen molar-refractivity contribution in [3.8, 4) is 0 Å². The summed E-state index contributed by atoms with van der Waals surface area (Å²) in [7, 11) is 0. The molecular formula is C15H12Cl2N2. The third kappa shape index (κ3) is 2.46. The summed E-state index contributed by atoms with van der Waals surface area (Å²) < 4.78 is 2.13. The Morgan fingerprint density at radius 2 is 1.89 bits per heavy atom. The maximum absolute atomic E-state index is 6.03. The number of hydrogen-bond donors (Lipinski definition) is 0. The number of rotatable bonds is 3. The molecule has 0 aliphatic heterocycles. The Bertz CT molecular complexity index is 719. The highest BCUT2D eigenvalue weighted by Crippen LogP contribution is 2.20. The SMILES string of the molecule is ClCc1nc2ccccc2n1Cc1cccc(Cl)c1. The summed E-state index contributed by atoms with van der Waals surface area (Å²) in [5, 5.41) is 0.745. The first-order valence-corrected chi connectivity index (χ1v) is 6.94. The molecule has 0 amide bonds. The zero-order valence-electron chi connectivity index (χ0n) is 10.2. The molecule has 0 saturated carbocycles. The van der Waals surface area contributed by atoms with Crippen LogP contribution in [0.1, 0.15) is 11.4 Å². The van der Waals surface area contributed by atoms with Gasteiger partial charge in [0.25, 0.3) is 0 Å². The predicted molar refractivity (Wildman–Crippen MR) is 79.8 cm³/mol. The van der Waals surface area contributed by atoms with Gasteiger partial charge in [0.2, 0.25) is 0 Å². The Kier molecular flexibility index (Phi) is 3.45. The molecule has 0 radical (unpaired) electrons. The van der Waals surface area contributed by atoms with Gasteiger partial charge in [-0.1, -0.05) is 35.9 Å². The number of halogens is 2. The lowest BCUT2D eigenvalue weighted by atomic mass is 10.2. The highest BCUT2D eigenvalue weighted by atomic mass is 35.5. The zero-order valence-corrected chi connectivity index (χ0v) is 11.7. The first-order chi connectivity index (χ1) is 9.28. The van der Waals surface area contributed by atoms with Crippen LogP contribution in [0.15, 0.2) is 48.5 Å². The average Bonchev–Trinajstić information content (AvgIpc) is 2.77. The molecule has 0 atom stereocenters. The lowest BCUT2D eigenvalue weighted by molar-refractivity contribution is 0.779. The van der Waals surface area contributed by atoms with E-state index in [0.717, 1.165) is 34.0 Å². The summed E-state index contributed by atoms with van der Waals surface area (Å²) in [6.07, 6.45) is 0. The van der Waals surface area contributed by atoms with Gasteiger partial charge in [-0.15, -0.1) is 11.6 Å². The fraction of sp³-hybridized carbons (Fsp3) is 0.133. The van der Waals surface area contributed by atoms with Crippen LogP contribution in [0.2, 0.25) is 5.02 Å². The van der Waals surface area contributed by atoms with Crippen molar-refractivity contribution in [2.45, 2.75) is 12.4 Å². The number of imidazole rings is 1. The summed E-state index contributed by atoms with van der Waals surface area (Å²) in [5.41, 5.74) is 3.21. The molecule has 1 heterocycles. The van der Waals surface area contributed by atoms with Crippen molar-refractivity contribution in [3.05, 3.63) is 64.9 Å². The number of alkyl halides is 1. The molecule has 1 aromatic heterocycles. The molecule has 0 fully saturated rings. The number of aromatic nitrogens is 2. The number of fused-ring (bicyclic) bond motifs is 1. The fourth-order valence-electron chi connectivity index (χ4n) is 2.22. The van der Waals surface area contributed by atoms with E-state index < -0.39 is 0 Å². The van der Waals surface area contributed by atoms with Crippen molar-refractivity contribution in [3.63, 3.8) is 0 Å². The Morgan fingerprint density at radius 3 is 2.68 bits per heavy atom. The summed E-state index contributed by atoms with van der Waals surface area (Å²) >= 11 is 12.0. The molecule has 2 aromatic carbocycles. The molecule has 0 N–H and O–H groups in total. The van der Waals surface area contributed by atoms with E-state index in [4.69, 9.17) is 23.2 Å². The Labute approximate surface area is 121 Å². The van der Waals surface area contributed by atoms with Gasteiger partial charge in [0, 0.05) is 11.6 Å². The highest BCUT2D eigenvalue weighted by Gasteiger charge is 2.09. The number of benzene rings is 2. The van der Waals surface area contributed by atoms with Gasteiger partial charge in [0.1, 0.15) is 5.82 Å². The van der Waals surface area contributed by atoms with Gasteiger partial charge >= 0.3 is 0 Å². The molecule has 3 aromatic rings. The maximum Gasteiger partial charge on any atom is 0.125 e. The minimum absolute atomic E-state index is 0.398. The molecule has 0 unspecified atom stereocenters. The van der Waals surface area contributed by atoms with Gasteiger partial charge in [-0.05, 0) is 29.8 Å². The first kappa shape index (κ1) is 12.5. The predicted octanol–water partition coefficient (Wildman–Crippen LogP) is 4.48. The lowest BCUT2D eigenvalue weighted by Gasteiger charge is -2.08. The molecule has 96 valence electrons. The van der Waals surface area contributed by atoms with E-state index in [9.17, 15) is 0 Å². The van der Waals surface area contributed by atoms with Crippen LogP contribution in [-0.2, 0) is 12.4 Å². The maximum atomic E-state index is 6.03. The second-order valence-electron chi connectivity index (χ2n) is 4.37. The second kappa shape index (κ2) is 5.24. The normalized spacial score (nSPS) is 11.1. The second-order valence-corrected chi connectivity index (χ2v) is 5.07. The Hall–Kier alpha value is -1.51. The standard InChI is InChI=1S/C15H12Cl2N2/c16-9-15-18-13-6-1-2-7-14(13)19(15)10-11-4-3-5-12(17)8-11/h1-8H,9-10H2. The molecule has 0 bridgehead atoms. The van der Waals surface area contributed by atoms with Gasteiger partial charge in [0.05, 0.1) is 16.9 Å². The third-order valence-electron chi connectivity index (χ3n) is 3.08. The minimum atomic E-state index is 0.398. The summed E-state index contributed by atoms with van der Waals surface area (Å²) in [5.74, 6) is 1.28. The summed E-state index contributed by atoms with van der Waals surface area (Å²) in [6, 6.07) is 15.9. The fourth-order valence-corrected chi connectivity index (χ4v) is 2.64. The lowest BCUT2D eigenvalue weighted by Crippen LogP contribution is -2.03. The van der Waals surface area contributed by atoms with Crippen molar-refractivity contribution in [2.24, 2.45) is 0 Å². The average molecular weight is 291 g/mol. The molecule has 0 spiro atoms. The Morgan fingerprint density at radius 1 is 1.05 bits per heavy atom. The van der Waals surface area contributed by atoms with E-state index >= 15 is 0 Å². The number of para-hydroxylation sites is 2. The molecule has 4 heteroatoms. The van der Waals surface area contributed by atoms with Crippen molar-refractivity contribution in [1.82, 2.24) is 9.55 Å². The molecule has 3 rings (SSSR count). The van der Waals surface area contributed by atoms with Gasteiger partial charge in [0.15, 0.2) is 0 Å². The van der Waals surface area contributed by atoms with Crippen LogP contribution >= 0.6 is 23.2 Å². The van der Waals surface area contributed by atoms with E-state index in [1.807, 2.05) is 36.4 Å². The van der Waals surface area contributed by atoms with Crippen molar-refractivity contribution < 1.29 is 0 Å². The van der Waals surface area contributed by atoms with Crippen molar-refractivity contribution in [1.29, 1.82) is 0 Å². The van der Waals surface area contributed by atoms with Gasteiger partial charge < -0.3 is 4.57 Å². The van der Waals surface area contributed by atoms with E-state index in [2.05, 4.69) is 21.7 Å². The quantitative estimate of drug-likeness (QED) is 0.651. The van der Waals surface area contributed by atoms with Crippen LogP contribution in [0.3, 0.4) is 0 Å². The topological polar surface area (TPSA) is 17.8 Å².